The molecule has 0 aliphatic carbocycles. The van der Waals surface area contributed by atoms with Crippen molar-refractivity contribution in [2.24, 2.45) is 0 Å². The standard InChI is InChI=1S/C20H26N2O3S/c1-22(20(26)21-16-8-5-9-17(14-16)23-2)12-6-7-15-10-11-18(24-3)19(13-15)25-4/h5,8-11,13-14H,6-7,12H2,1-4H3,(H,21,26). The Morgan fingerprint density at radius 2 is 1.77 bits per heavy atom. The topological polar surface area (TPSA) is 43.0 Å². The maximum Gasteiger partial charge on any atom is 0.173 e. The molecule has 0 fully saturated rings. The van der Waals surface area contributed by atoms with Crippen LogP contribution in [-0.2, 0) is 6.42 Å². The number of methoxy groups -OCH3 is 3. The van der Waals surface area contributed by atoms with Gasteiger partial charge < -0.3 is 24.4 Å². The lowest BCUT2D eigenvalue weighted by Gasteiger charge is -2.21. The number of hydrogen-bond donors (Lipinski definition) is 1. The summed E-state index contributed by atoms with van der Waals surface area (Å²) in [7, 11) is 6.93. The Labute approximate surface area is 160 Å². The molecule has 0 aromatic heterocycles. The van der Waals surface area contributed by atoms with Crippen LogP contribution in [-0.4, -0.2) is 44.9 Å². The second-order valence-electron chi connectivity index (χ2n) is 5.88. The van der Waals surface area contributed by atoms with Gasteiger partial charge in [-0.3, -0.25) is 0 Å². The van der Waals surface area contributed by atoms with Crippen LogP contribution >= 0.6 is 12.2 Å². The lowest BCUT2D eigenvalue weighted by molar-refractivity contribution is 0.354. The van der Waals surface area contributed by atoms with Crippen LogP contribution in [0.5, 0.6) is 17.2 Å². The van der Waals surface area contributed by atoms with Crippen LogP contribution in [0.2, 0.25) is 0 Å². The molecule has 0 atom stereocenters. The number of benzene rings is 2. The third-order valence-corrected chi connectivity index (χ3v) is 4.49. The Hall–Kier alpha value is -2.47. The highest BCUT2D eigenvalue weighted by molar-refractivity contribution is 7.80. The number of nitrogens with one attached hydrogen (secondary N) is 1. The second kappa shape index (κ2) is 9.87. The summed E-state index contributed by atoms with van der Waals surface area (Å²) in [6.45, 7) is 0.851. The molecule has 6 heteroatoms. The summed E-state index contributed by atoms with van der Waals surface area (Å²) in [6, 6.07) is 13.7. The minimum Gasteiger partial charge on any atom is -0.497 e. The predicted octanol–water partition coefficient (Wildman–Crippen LogP) is 3.97. The van der Waals surface area contributed by atoms with Crippen molar-refractivity contribution < 1.29 is 14.2 Å². The molecule has 2 rings (SSSR count). The van der Waals surface area contributed by atoms with Crippen molar-refractivity contribution in [2.75, 3.05) is 40.2 Å². The van der Waals surface area contributed by atoms with Crippen molar-refractivity contribution in [3.05, 3.63) is 48.0 Å². The fourth-order valence-corrected chi connectivity index (χ4v) is 2.79. The molecule has 0 bridgehead atoms. The molecule has 0 aliphatic rings. The van der Waals surface area contributed by atoms with Crippen LogP contribution in [0, 0.1) is 0 Å². The molecule has 5 nitrogen and oxygen atoms in total. The van der Waals surface area contributed by atoms with Crippen molar-refractivity contribution >= 4 is 23.0 Å². The fourth-order valence-electron chi connectivity index (χ4n) is 2.58. The monoisotopic (exact) mass is 374 g/mol. The third-order valence-electron chi connectivity index (χ3n) is 4.07. The molecule has 0 saturated carbocycles. The first-order chi connectivity index (χ1) is 12.6. The molecular weight excluding hydrogens is 348 g/mol. The van der Waals surface area contributed by atoms with Crippen LogP contribution in [0.4, 0.5) is 5.69 Å². The summed E-state index contributed by atoms with van der Waals surface area (Å²) < 4.78 is 15.9. The number of hydrogen-bond acceptors (Lipinski definition) is 4. The highest BCUT2D eigenvalue weighted by atomic mass is 32.1. The molecule has 0 heterocycles. The van der Waals surface area contributed by atoms with E-state index in [4.69, 9.17) is 26.4 Å². The maximum atomic E-state index is 5.48. The highest BCUT2D eigenvalue weighted by Gasteiger charge is 2.07. The lowest BCUT2D eigenvalue weighted by atomic mass is 10.1. The summed E-state index contributed by atoms with van der Waals surface area (Å²) in [5, 5.41) is 3.92. The van der Waals surface area contributed by atoms with Crippen molar-refractivity contribution in [3.63, 3.8) is 0 Å². The van der Waals surface area contributed by atoms with E-state index in [1.807, 2.05) is 48.3 Å². The largest absolute Gasteiger partial charge is 0.497 e. The molecular formula is C20H26N2O3S. The van der Waals surface area contributed by atoms with E-state index in [9.17, 15) is 0 Å². The fraction of sp³-hybridized carbons (Fsp3) is 0.350. The van der Waals surface area contributed by atoms with Gasteiger partial charge in [0.2, 0.25) is 0 Å². The van der Waals surface area contributed by atoms with E-state index in [1.54, 1.807) is 21.3 Å². The molecule has 0 amide bonds. The van der Waals surface area contributed by atoms with E-state index in [1.165, 1.54) is 5.56 Å². The van der Waals surface area contributed by atoms with E-state index in [-0.39, 0.29) is 0 Å². The Morgan fingerprint density at radius 1 is 1.00 bits per heavy atom. The van der Waals surface area contributed by atoms with E-state index in [0.717, 1.165) is 42.3 Å². The van der Waals surface area contributed by atoms with E-state index in [0.29, 0.717) is 5.11 Å². The molecule has 26 heavy (non-hydrogen) atoms. The second-order valence-corrected chi connectivity index (χ2v) is 6.26. The average Bonchev–Trinajstić information content (AvgIpc) is 2.67. The number of aryl methyl sites for hydroxylation is 1. The predicted molar refractivity (Wildman–Crippen MR) is 110 cm³/mol. The Balaban J connectivity index is 1.84. The minimum atomic E-state index is 0.686. The van der Waals surface area contributed by atoms with Gasteiger partial charge in [0.25, 0.3) is 0 Å². The zero-order valence-corrected chi connectivity index (χ0v) is 16.6. The van der Waals surface area contributed by atoms with Crippen LogP contribution in [0.15, 0.2) is 42.5 Å². The summed E-state index contributed by atoms with van der Waals surface area (Å²) in [4.78, 5) is 2.04. The van der Waals surface area contributed by atoms with Gasteiger partial charge in [-0.15, -0.1) is 0 Å². The van der Waals surface area contributed by atoms with Crippen molar-refractivity contribution in [2.45, 2.75) is 12.8 Å². The zero-order valence-electron chi connectivity index (χ0n) is 15.7. The zero-order chi connectivity index (χ0) is 18.9. The number of rotatable bonds is 8. The normalized spacial score (nSPS) is 10.2. The molecule has 1 N–H and O–H groups in total. The molecule has 0 spiro atoms. The van der Waals surface area contributed by atoms with Gasteiger partial charge in [-0.2, -0.15) is 0 Å². The quantitative estimate of drug-likeness (QED) is 0.705. The van der Waals surface area contributed by atoms with E-state index in [2.05, 4.69) is 11.4 Å². The van der Waals surface area contributed by atoms with Crippen molar-refractivity contribution in [3.8, 4) is 17.2 Å². The number of nitrogens with zero attached hydrogens (tertiary/aromatic N) is 1. The molecule has 0 saturated heterocycles. The smallest absolute Gasteiger partial charge is 0.173 e. The Kier molecular flexibility index (Phi) is 7.53. The minimum absolute atomic E-state index is 0.686. The average molecular weight is 375 g/mol. The van der Waals surface area contributed by atoms with Crippen molar-refractivity contribution in [1.82, 2.24) is 4.90 Å². The summed E-state index contributed by atoms with van der Waals surface area (Å²) in [5.74, 6) is 2.31. The van der Waals surface area contributed by atoms with Crippen LogP contribution in [0.3, 0.4) is 0 Å². The van der Waals surface area contributed by atoms with Gasteiger partial charge in [0.1, 0.15) is 5.75 Å². The Morgan fingerprint density at radius 3 is 2.46 bits per heavy atom. The third kappa shape index (κ3) is 5.52. The van der Waals surface area contributed by atoms with Gasteiger partial charge in [-0.1, -0.05) is 12.1 Å². The number of anilines is 1. The summed E-state index contributed by atoms with van der Waals surface area (Å²) in [5.41, 5.74) is 2.13. The first-order valence-corrected chi connectivity index (χ1v) is 8.85. The van der Waals surface area contributed by atoms with E-state index >= 15 is 0 Å². The van der Waals surface area contributed by atoms with E-state index < -0.39 is 0 Å². The highest BCUT2D eigenvalue weighted by Crippen LogP contribution is 2.28. The van der Waals surface area contributed by atoms with Gasteiger partial charge in [-0.25, -0.2) is 0 Å². The van der Waals surface area contributed by atoms with Crippen LogP contribution in [0.25, 0.3) is 0 Å². The first kappa shape index (κ1) is 19.8. The van der Waals surface area contributed by atoms with Crippen LogP contribution < -0.4 is 19.5 Å². The van der Waals surface area contributed by atoms with Gasteiger partial charge in [-0.05, 0) is 54.9 Å². The van der Waals surface area contributed by atoms with Gasteiger partial charge in [0.15, 0.2) is 16.6 Å². The lowest BCUT2D eigenvalue weighted by Crippen LogP contribution is -2.32. The van der Waals surface area contributed by atoms with Gasteiger partial charge in [0.05, 0.1) is 21.3 Å². The van der Waals surface area contributed by atoms with Crippen LogP contribution in [0.1, 0.15) is 12.0 Å². The molecule has 0 aliphatic heterocycles. The molecule has 0 unspecified atom stereocenters. The number of ether oxygens (including phenoxy) is 3. The molecule has 2 aromatic carbocycles. The molecule has 140 valence electrons. The van der Waals surface area contributed by atoms with Crippen molar-refractivity contribution in [1.29, 1.82) is 0 Å². The summed E-state index contributed by atoms with van der Waals surface area (Å²) in [6.07, 6.45) is 1.92. The summed E-state index contributed by atoms with van der Waals surface area (Å²) >= 11 is 5.48. The Bertz CT molecular complexity index is 737. The first-order valence-electron chi connectivity index (χ1n) is 8.44. The SMILES string of the molecule is COc1cccc(NC(=S)N(C)CCCc2ccc(OC)c(OC)c2)c1. The number of thiocarbonyl (C=S) groups is 1. The van der Waals surface area contributed by atoms with Gasteiger partial charge in [0, 0.05) is 25.3 Å². The molecule has 0 radical (unpaired) electrons. The molecule has 2 aromatic rings. The van der Waals surface area contributed by atoms with Gasteiger partial charge >= 0.3 is 0 Å². The maximum absolute atomic E-state index is 5.48.